The van der Waals surface area contributed by atoms with Crippen molar-refractivity contribution in [2.45, 2.75) is 25.4 Å². The number of benzene rings is 1. The van der Waals surface area contributed by atoms with Gasteiger partial charge in [0.25, 0.3) is 0 Å². The second kappa shape index (κ2) is 9.68. The number of piperidine rings is 1. The van der Waals surface area contributed by atoms with Crippen molar-refractivity contribution in [3.63, 3.8) is 0 Å². The fourth-order valence-corrected chi connectivity index (χ4v) is 3.36. The fraction of sp³-hybridized carbons (Fsp3) is 0.421. The first-order chi connectivity index (χ1) is 13.5. The van der Waals surface area contributed by atoms with Crippen LogP contribution >= 0.6 is 11.6 Å². The molecule has 3 rings (SSSR count). The van der Waals surface area contributed by atoms with Gasteiger partial charge in [0, 0.05) is 37.7 Å². The van der Waals surface area contributed by atoms with Crippen LogP contribution in [-0.2, 0) is 9.59 Å². The van der Waals surface area contributed by atoms with Crippen molar-refractivity contribution in [2.75, 3.05) is 31.5 Å². The molecule has 1 aliphatic rings. The summed E-state index contributed by atoms with van der Waals surface area (Å²) >= 11 is 6.24. The van der Waals surface area contributed by atoms with E-state index in [1.165, 1.54) is 0 Å². The molecular weight excluding hydrogens is 382 g/mol. The minimum absolute atomic E-state index is 0.193. The predicted octanol–water partition coefficient (Wildman–Crippen LogP) is 1.43. The van der Waals surface area contributed by atoms with Gasteiger partial charge in [-0.15, -0.1) is 0 Å². The molecule has 1 aromatic carbocycles. The SMILES string of the molecule is O=C(NCCCN1CCC(O)CC1)C(=O)Nc1ccc(-n2cccn2)c(Cl)c1. The van der Waals surface area contributed by atoms with Crippen molar-refractivity contribution in [3.8, 4) is 5.69 Å². The molecule has 0 spiro atoms. The van der Waals surface area contributed by atoms with Gasteiger partial charge < -0.3 is 20.6 Å². The summed E-state index contributed by atoms with van der Waals surface area (Å²) < 4.78 is 1.61. The number of anilines is 1. The Bertz CT molecular complexity index is 804. The van der Waals surface area contributed by atoms with Crippen LogP contribution in [0.25, 0.3) is 5.69 Å². The molecule has 2 amide bonds. The van der Waals surface area contributed by atoms with Crippen molar-refractivity contribution in [3.05, 3.63) is 41.7 Å². The standard InChI is InChI=1S/C19H24ClN5O3/c20-16-13-14(3-4-17(16)25-10-2-8-22-25)23-19(28)18(27)21-7-1-9-24-11-5-15(26)6-12-24/h2-4,8,10,13,15,26H,1,5-7,9,11-12H2,(H,21,27)(H,23,28). The van der Waals surface area contributed by atoms with E-state index in [0.29, 0.717) is 22.9 Å². The lowest BCUT2D eigenvalue weighted by molar-refractivity contribution is -0.136. The molecule has 9 heteroatoms. The number of halogens is 1. The third-order valence-corrected chi connectivity index (χ3v) is 4.96. The van der Waals surface area contributed by atoms with E-state index in [2.05, 4.69) is 20.6 Å². The molecule has 1 saturated heterocycles. The molecule has 2 heterocycles. The molecule has 8 nitrogen and oxygen atoms in total. The summed E-state index contributed by atoms with van der Waals surface area (Å²) in [6, 6.07) is 6.75. The van der Waals surface area contributed by atoms with E-state index < -0.39 is 11.8 Å². The molecule has 1 aromatic heterocycles. The van der Waals surface area contributed by atoms with Gasteiger partial charge >= 0.3 is 11.8 Å². The van der Waals surface area contributed by atoms with E-state index in [4.69, 9.17) is 11.6 Å². The largest absolute Gasteiger partial charge is 0.393 e. The number of hydrogen-bond acceptors (Lipinski definition) is 5. The van der Waals surface area contributed by atoms with E-state index in [1.54, 1.807) is 41.3 Å². The molecule has 0 atom stereocenters. The van der Waals surface area contributed by atoms with Crippen LogP contribution in [-0.4, -0.2) is 63.9 Å². The van der Waals surface area contributed by atoms with Crippen molar-refractivity contribution < 1.29 is 14.7 Å². The Morgan fingerprint density at radius 1 is 1.25 bits per heavy atom. The van der Waals surface area contributed by atoms with E-state index in [9.17, 15) is 14.7 Å². The number of amides is 2. The van der Waals surface area contributed by atoms with E-state index >= 15 is 0 Å². The average Bonchev–Trinajstić information content (AvgIpc) is 3.21. The van der Waals surface area contributed by atoms with Crippen LogP contribution in [0.4, 0.5) is 5.69 Å². The molecule has 0 unspecified atom stereocenters. The Hall–Kier alpha value is -2.42. The van der Waals surface area contributed by atoms with Gasteiger partial charge in [-0.2, -0.15) is 5.10 Å². The van der Waals surface area contributed by atoms with Crippen molar-refractivity contribution in [1.29, 1.82) is 0 Å². The number of nitrogens with zero attached hydrogens (tertiary/aromatic N) is 3. The Morgan fingerprint density at radius 3 is 2.71 bits per heavy atom. The van der Waals surface area contributed by atoms with Crippen LogP contribution in [0.2, 0.25) is 5.02 Å². The van der Waals surface area contributed by atoms with E-state index in [-0.39, 0.29) is 6.10 Å². The third-order valence-electron chi connectivity index (χ3n) is 4.66. The quantitative estimate of drug-likeness (QED) is 0.498. The number of carbonyl (C=O) groups excluding carboxylic acids is 2. The zero-order valence-corrected chi connectivity index (χ0v) is 16.2. The number of rotatable bonds is 6. The number of aromatic nitrogens is 2. The maximum atomic E-state index is 12.0. The molecule has 0 radical (unpaired) electrons. The first kappa shape index (κ1) is 20.3. The molecule has 28 heavy (non-hydrogen) atoms. The third kappa shape index (κ3) is 5.54. The first-order valence-corrected chi connectivity index (χ1v) is 9.70. The number of nitrogens with one attached hydrogen (secondary N) is 2. The maximum absolute atomic E-state index is 12.0. The van der Waals surface area contributed by atoms with E-state index in [1.807, 2.05) is 0 Å². The monoisotopic (exact) mass is 405 g/mol. The highest BCUT2D eigenvalue weighted by Crippen LogP contribution is 2.23. The predicted molar refractivity (Wildman–Crippen MR) is 107 cm³/mol. The van der Waals surface area contributed by atoms with Crippen molar-refractivity contribution in [1.82, 2.24) is 20.0 Å². The smallest absolute Gasteiger partial charge is 0.313 e. The molecule has 1 aliphatic heterocycles. The molecule has 150 valence electrons. The van der Waals surface area contributed by atoms with Gasteiger partial charge in [-0.3, -0.25) is 9.59 Å². The van der Waals surface area contributed by atoms with Crippen LogP contribution in [0.3, 0.4) is 0 Å². The van der Waals surface area contributed by atoms with Crippen LogP contribution in [0.1, 0.15) is 19.3 Å². The van der Waals surface area contributed by atoms with Crippen LogP contribution in [0.15, 0.2) is 36.7 Å². The summed E-state index contributed by atoms with van der Waals surface area (Å²) in [4.78, 5) is 26.3. The zero-order chi connectivity index (χ0) is 19.9. The Kier molecular flexibility index (Phi) is 7.02. The summed E-state index contributed by atoms with van der Waals surface area (Å²) in [6.07, 6.45) is 5.54. The minimum atomic E-state index is -0.732. The maximum Gasteiger partial charge on any atom is 0.313 e. The second-order valence-electron chi connectivity index (χ2n) is 6.75. The van der Waals surface area contributed by atoms with E-state index in [0.717, 1.165) is 38.9 Å². The summed E-state index contributed by atoms with van der Waals surface area (Å²) in [5.74, 6) is -1.41. The topological polar surface area (TPSA) is 99.5 Å². The summed E-state index contributed by atoms with van der Waals surface area (Å²) in [6.45, 7) is 2.99. The minimum Gasteiger partial charge on any atom is -0.393 e. The number of likely N-dealkylation sites (tertiary alicyclic amines) is 1. The van der Waals surface area contributed by atoms with Gasteiger partial charge in [0.05, 0.1) is 16.8 Å². The van der Waals surface area contributed by atoms with Crippen molar-refractivity contribution >= 4 is 29.1 Å². The van der Waals surface area contributed by atoms with Crippen molar-refractivity contribution in [2.24, 2.45) is 0 Å². The lowest BCUT2D eigenvalue weighted by atomic mass is 10.1. The van der Waals surface area contributed by atoms with Gasteiger partial charge in [-0.25, -0.2) is 4.68 Å². The zero-order valence-electron chi connectivity index (χ0n) is 15.5. The molecule has 1 fully saturated rings. The molecule has 0 aliphatic carbocycles. The first-order valence-electron chi connectivity index (χ1n) is 9.32. The second-order valence-corrected chi connectivity index (χ2v) is 7.16. The Labute approximate surface area is 168 Å². The number of aliphatic hydroxyl groups is 1. The van der Waals surface area contributed by atoms with Crippen LogP contribution in [0.5, 0.6) is 0 Å². The average molecular weight is 406 g/mol. The molecule has 3 N–H and O–H groups in total. The van der Waals surface area contributed by atoms with Crippen LogP contribution < -0.4 is 10.6 Å². The number of carbonyl (C=O) groups is 2. The summed E-state index contributed by atoms with van der Waals surface area (Å²) in [5, 5.41) is 19.2. The van der Waals surface area contributed by atoms with Gasteiger partial charge in [-0.05, 0) is 50.1 Å². The van der Waals surface area contributed by atoms with Gasteiger partial charge in [0.2, 0.25) is 0 Å². The molecule has 0 saturated carbocycles. The van der Waals surface area contributed by atoms with Crippen LogP contribution in [0, 0.1) is 0 Å². The molecular formula is C19H24ClN5O3. The lowest BCUT2D eigenvalue weighted by Gasteiger charge is -2.29. The van der Waals surface area contributed by atoms with Gasteiger partial charge in [0.15, 0.2) is 0 Å². The fourth-order valence-electron chi connectivity index (χ4n) is 3.10. The number of hydrogen-bond donors (Lipinski definition) is 3. The molecule has 0 bridgehead atoms. The summed E-state index contributed by atoms with van der Waals surface area (Å²) in [5.41, 5.74) is 1.12. The number of aliphatic hydroxyl groups excluding tert-OH is 1. The molecule has 2 aromatic rings. The lowest BCUT2D eigenvalue weighted by Crippen LogP contribution is -2.39. The highest BCUT2D eigenvalue weighted by atomic mass is 35.5. The highest BCUT2D eigenvalue weighted by Gasteiger charge is 2.17. The van der Waals surface area contributed by atoms with Gasteiger partial charge in [-0.1, -0.05) is 11.6 Å². The summed E-state index contributed by atoms with van der Waals surface area (Å²) in [7, 11) is 0. The van der Waals surface area contributed by atoms with Gasteiger partial charge in [0.1, 0.15) is 0 Å². The Morgan fingerprint density at radius 2 is 2.04 bits per heavy atom. The normalized spacial score (nSPS) is 15.4. The highest BCUT2D eigenvalue weighted by molar-refractivity contribution is 6.40. The Balaban J connectivity index is 1.41.